The van der Waals surface area contributed by atoms with Crippen LogP contribution >= 0.6 is 0 Å². The zero-order valence-corrected chi connectivity index (χ0v) is 15.7. The monoisotopic (exact) mass is 363 g/mol. The number of piperidine rings is 1. The minimum Gasteiger partial charge on any atom is -0.299 e. The summed E-state index contributed by atoms with van der Waals surface area (Å²) < 4.78 is 3.20. The highest BCUT2D eigenvalue weighted by molar-refractivity contribution is 5.90. The summed E-state index contributed by atoms with van der Waals surface area (Å²) in [4.78, 5) is 27.8. The molecule has 0 bridgehead atoms. The van der Waals surface area contributed by atoms with Gasteiger partial charge in [-0.1, -0.05) is 49.4 Å². The molecule has 4 rings (SSSR count). The minimum absolute atomic E-state index is 0.139. The highest BCUT2D eigenvalue weighted by Crippen LogP contribution is 2.26. The van der Waals surface area contributed by atoms with Crippen LogP contribution in [-0.2, 0) is 6.54 Å². The SMILES string of the molecule is CCC(=O)n1c(=O)n(C2CCN(Cc3ccccc3)CC2)c2ccccc21. The summed E-state index contributed by atoms with van der Waals surface area (Å²) in [5.74, 6) is -0.142. The van der Waals surface area contributed by atoms with Gasteiger partial charge in [-0.25, -0.2) is 9.36 Å². The molecule has 140 valence electrons. The van der Waals surface area contributed by atoms with Crippen molar-refractivity contribution in [3.8, 4) is 0 Å². The quantitative estimate of drug-likeness (QED) is 0.710. The highest BCUT2D eigenvalue weighted by atomic mass is 16.2. The van der Waals surface area contributed by atoms with Crippen LogP contribution < -0.4 is 5.69 Å². The molecule has 0 atom stereocenters. The van der Waals surface area contributed by atoms with Gasteiger partial charge in [0.2, 0.25) is 5.91 Å². The lowest BCUT2D eigenvalue weighted by atomic mass is 10.0. The van der Waals surface area contributed by atoms with Crippen LogP contribution in [0.3, 0.4) is 0 Å². The van der Waals surface area contributed by atoms with Crippen molar-refractivity contribution in [1.29, 1.82) is 0 Å². The first-order chi connectivity index (χ1) is 13.2. The van der Waals surface area contributed by atoms with Gasteiger partial charge in [-0.2, -0.15) is 0 Å². The first-order valence-corrected chi connectivity index (χ1v) is 9.70. The zero-order valence-electron chi connectivity index (χ0n) is 15.7. The number of benzene rings is 2. The van der Waals surface area contributed by atoms with Gasteiger partial charge in [-0.3, -0.25) is 14.3 Å². The fourth-order valence-corrected chi connectivity index (χ4v) is 4.10. The first kappa shape index (κ1) is 17.7. The molecule has 0 radical (unpaired) electrons. The van der Waals surface area contributed by atoms with Crippen molar-refractivity contribution in [2.24, 2.45) is 0 Å². The van der Waals surface area contributed by atoms with Crippen molar-refractivity contribution < 1.29 is 4.79 Å². The van der Waals surface area contributed by atoms with Crippen molar-refractivity contribution >= 4 is 16.9 Å². The largest absolute Gasteiger partial charge is 0.336 e. The first-order valence-electron chi connectivity index (χ1n) is 9.70. The van der Waals surface area contributed by atoms with Gasteiger partial charge in [0.1, 0.15) is 0 Å². The normalized spacial score (nSPS) is 16.0. The van der Waals surface area contributed by atoms with Crippen molar-refractivity contribution in [3.63, 3.8) is 0 Å². The van der Waals surface area contributed by atoms with Crippen molar-refractivity contribution in [2.75, 3.05) is 13.1 Å². The zero-order chi connectivity index (χ0) is 18.8. The number of carbonyl (C=O) groups is 1. The van der Waals surface area contributed by atoms with Crippen LogP contribution in [0.4, 0.5) is 0 Å². The number of hydrogen-bond donors (Lipinski definition) is 0. The molecule has 0 aliphatic carbocycles. The number of nitrogens with zero attached hydrogens (tertiary/aromatic N) is 3. The van der Waals surface area contributed by atoms with E-state index in [0.717, 1.165) is 43.5 Å². The minimum atomic E-state index is -0.190. The van der Waals surface area contributed by atoms with Crippen molar-refractivity contribution in [1.82, 2.24) is 14.0 Å². The maximum atomic E-state index is 13.1. The fourth-order valence-electron chi connectivity index (χ4n) is 4.10. The number of rotatable bonds is 4. The van der Waals surface area contributed by atoms with Crippen LogP contribution in [0, 0.1) is 0 Å². The standard InChI is InChI=1S/C22H25N3O2/c1-2-21(26)25-20-11-7-6-10-19(20)24(22(25)27)18-12-14-23(15-13-18)16-17-8-4-3-5-9-17/h3-11,18H,2,12-16H2,1H3. The third-order valence-corrected chi connectivity index (χ3v) is 5.50. The number of likely N-dealkylation sites (tertiary alicyclic amines) is 1. The molecule has 0 unspecified atom stereocenters. The van der Waals surface area contributed by atoms with E-state index in [1.165, 1.54) is 10.1 Å². The van der Waals surface area contributed by atoms with Gasteiger partial charge in [0.05, 0.1) is 11.0 Å². The average Bonchev–Trinajstić information content (AvgIpc) is 3.01. The van der Waals surface area contributed by atoms with E-state index in [1.807, 2.05) is 34.9 Å². The fraction of sp³-hybridized carbons (Fsp3) is 0.364. The van der Waals surface area contributed by atoms with E-state index in [9.17, 15) is 9.59 Å². The van der Waals surface area contributed by atoms with Crippen LogP contribution in [0.1, 0.15) is 42.6 Å². The van der Waals surface area contributed by atoms with Crippen LogP contribution in [-0.4, -0.2) is 33.0 Å². The molecular weight excluding hydrogens is 338 g/mol. The number of aromatic nitrogens is 2. The highest BCUT2D eigenvalue weighted by Gasteiger charge is 2.26. The Morgan fingerprint density at radius 3 is 2.26 bits per heavy atom. The van der Waals surface area contributed by atoms with E-state index < -0.39 is 0 Å². The molecule has 1 saturated heterocycles. The Labute approximate surface area is 158 Å². The van der Waals surface area contributed by atoms with Crippen LogP contribution in [0.5, 0.6) is 0 Å². The second kappa shape index (κ2) is 7.53. The van der Waals surface area contributed by atoms with E-state index >= 15 is 0 Å². The van der Waals surface area contributed by atoms with Gasteiger partial charge in [0.25, 0.3) is 0 Å². The topological polar surface area (TPSA) is 47.2 Å². The summed E-state index contributed by atoms with van der Waals surface area (Å²) in [6.07, 6.45) is 2.16. The summed E-state index contributed by atoms with van der Waals surface area (Å²) in [5, 5.41) is 0. The van der Waals surface area contributed by atoms with E-state index in [2.05, 4.69) is 29.2 Å². The van der Waals surface area contributed by atoms with Crippen LogP contribution in [0.15, 0.2) is 59.4 Å². The summed E-state index contributed by atoms with van der Waals surface area (Å²) >= 11 is 0. The predicted molar refractivity (Wildman–Crippen MR) is 107 cm³/mol. The lowest BCUT2D eigenvalue weighted by molar-refractivity contribution is 0.0907. The van der Waals surface area contributed by atoms with E-state index in [0.29, 0.717) is 6.42 Å². The molecule has 5 heteroatoms. The molecule has 0 N–H and O–H groups in total. The molecule has 1 aliphatic rings. The third-order valence-electron chi connectivity index (χ3n) is 5.50. The number of para-hydroxylation sites is 2. The second-order valence-corrected chi connectivity index (χ2v) is 7.22. The van der Waals surface area contributed by atoms with E-state index in [-0.39, 0.29) is 17.6 Å². The average molecular weight is 363 g/mol. The summed E-state index contributed by atoms with van der Waals surface area (Å²) in [6, 6.07) is 18.3. The summed E-state index contributed by atoms with van der Waals surface area (Å²) in [6.45, 7) is 4.64. The van der Waals surface area contributed by atoms with Crippen molar-refractivity contribution in [3.05, 3.63) is 70.6 Å². The number of imidazole rings is 1. The summed E-state index contributed by atoms with van der Waals surface area (Å²) in [7, 11) is 0. The molecule has 0 amide bonds. The molecule has 1 aliphatic heterocycles. The molecule has 1 aromatic heterocycles. The van der Waals surface area contributed by atoms with E-state index in [1.54, 1.807) is 6.92 Å². The molecule has 3 aromatic rings. The van der Waals surface area contributed by atoms with E-state index in [4.69, 9.17) is 0 Å². The Hall–Kier alpha value is -2.66. The molecule has 0 spiro atoms. The van der Waals surface area contributed by atoms with Crippen LogP contribution in [0.2, 0.25) is 0 Å². The lowest BCUT2D eigenvalue weighted by Gasteiger charge is -2.32. The van der Waals surface area contributed by atoms with Crippen LogP contribution in [0.25, 0.3) is 11.0 Å². The Morgan fingerprint density at radius 2 is 1.59 bits per heavy atom. The second-order valence-electron chi connectivity index (χ2n) is 7.22. The molecule has 5 nitrogen and oxygen atoms in total. The lowest BCUT2D eigenvalue weighted by Crippen LogP contribution is -2.38. The van der Waals surface area contributed by atoms with Crippen molar-refractivity contribution in [2.45, 2.75) is 38.8 Å². The van der Waals surface area contributed by atoms with Gasteiger partial charge in [0.15, 0.2) is 0 Å². The van der Waals surface area contributed by atoms with Gasteiger partial charge >= 0.3 is 5.69 Å². The maximum Gasteiger partial charge on any atom is 0.336 e. The van der Waals surface area contributed by atoms with Gasteiger partial charge in [0, 0.05) is 32.1 Å². The third kappa shape index (κ3) is 3.35. The summed E-state index contributed by atoms with van der Waals surface area (Å²) in [5.41, 5.74) is 2.72. The Morgan fingerprint density at radius 1 is 0.963 bits per heavy atom. The Bertz CT molecular complexity index is 995. The molecule has 27 heavy (non-hydrogen) atoms. The Balaban J connectivity index is 1.58. The number of hydrogen-bond acceptors (Lipinski definition) is 3. The smallest absolute Gasteiger partial charge is 0.299 e. The molecule has 2 aromatic carbocycles. The maximum absolute atomic E-state index is 13.1. The molecule has 2 heterocycles. The molecular formula is C22H25N3O2. The number of carbonyl (C=O) groups excluding carboxylic acids is 1. The van der Waals surface area contributed by atoms with Gasteiger partial charge in [-0.05, 0) is 30.5 Å². The molecule has 0 saturated carbocycles. The predicted octanol–water partition coefficient (Wildman–Crippen LogP) is 3.69. The Kier molecular flexibility index (Phi) is 4.94. The molecule has 1 fully saturated rings. The van der Waals surface area contributed by atoms with Gasteiger partial charge in [-0.15, -0.1) is 0 Å². The van der Waals surface area contributed by atoms with Gasteiger partial charge < -0.3 is 0 Å². The number of fused-ring (bicyclic) bond motifs is 1.